The highest BCUT2D eigenvalue weighted by Crippen LogP contribution is 2.44. The molecule has 0 bridgehead atoms. The van der Waals surface area contributed by atoms with Gasteiger partial charge in [0.25, 0.3) is 5.56 Å². The average molecular weight is 405 g/mol. The Kier molecular flexibility index (Phi) is 4.40. The summed E-state index contributed by atoms with van der Waals surface area (Å²) in [7, 11) is 0. The Morgan fingerprint density at radius 2 is 1.62 bits per heavy atom. The first-order chi connectivity index (χ1) is 13.5. The quantitative estimate of drug-likeness (QED) is 0.600. The van der Waals surface area contributed by atoms with Crippen LogP contribution in [0.4, 0.5) is 23.2 Å². The Bertz CT molecular complexity index is 1160. The summed E-state index contributed by atoms with van der Waals surface area (Å²) >= 11 is 0. The summed E-state index contributed by atoms with van der Waals surface area (Å²) in [5, 5.41) is 9.85. The fraction of sp³-hybridized carbons (Fsp3) is 0.333. The molecule has 4 rings (SSSR count). The van der Waals surface area contributed by atoms with E-state index in [9.17, 15) is 22.4 Å². The van der Waals surface area contributed by atoms with Gasteiger partial charge in [-0.1, -0.05) is 20.8 Å². The van der Waals surface area contributed by atoms with Gasteiger partial charge in [-0.25, -0.2) is 22.7 Å². The Morgan fingerprint density at radius 3 is 2.24 bits per heavy atom. The standard InChI is InChI=1S/C21H19F4N3O/c1-21(2,3)8-15-18(17-12(24)5-10(23)6-13(17)25)19-16-11(20(29)28-27-19)4-9(22)7-14(16)26-15/h4-7,15,18,26H,8H2,1-3H3,(H,28,29)/t15-,18+/m0/s1. The van der Waals surface area contributed by atoms with Gasteiger partial charge in [0.05, 0.1) is 17.0 Å². The van der Waals surface area contributed by atoms with Crippen LogP contribution in [0.5, 0.6) is 0 Å². The maximum absolute atomic E-state index is 14.7. The summed E-state index contributed by atoms with van der Waals surface area (Å²) in [5.74, 6) is -4.68. The molecule has 2 aromatic carbocycles. The first-order valence-electron chi connectivity index (χ1n) is 9.18. The van der Waals surface area contributed by atoms with Crippen molar-refractivity contribution in [1.29, 1.82) is 0 Å². The number of nitrogens with zero attached hydrogens (tertiary/aromatic N) is 1. The van der Waals surface area contributed by atoms with Crippen molar-refractivity contribution in [2.24, 2.45) is 5.41 Å². The van der Waals surface area contributed by atoms with Crippen LogP contribution in [-0.4, -0.2) is 16.2 Å². The SMILES string of the molecule is CC(C)(C)C[C@@H]1Nc2cc(F)cc3c(=O)[nH]nc(c23)[C@H]1c1c(F)cc(F)cc1F. The molecule has 0 spiro atoms. The summed E-state index contributed by atoms with van der Waals surface area (Å²) in [5.41, 5.74) is -0.660. The normalized spacial score (nSPS) is 18.7. The molecule has 0 saturated carbocycles. The largest absolute Gasteiger partial charge is 0.381 e. The third kappa shape index (κ3) is 3.36. The third-order valence-corrected chi connectivity index (χ3v) is 5.11. The molecule has 1 aliphatic rings. The molecule has 1 aliphatic heterocycles. The first-order valence-corrected chi connectivity index (χ1v) is 9.18. The van der Waals surface area contributed by atoms with Crippen molar-refractivity contribution in [1.82, 2.24) is 10.2 Å². The number of aromatic amines is 1. The Morgan fingerprint density at radius 1 is 1.00 bits per heavy atom. The van der Waals surface area contributed by atoms with Crippen molar-refractivity contribution >= 4 is 16.5 Å². The van der Waals surface area contributed by atoms with Gasteiger partial charge in [0.15, 0.2) is 0 Å². The molecule has 4 nitrogen and oxygen atoms in total. The highest BCUT2D eigenvalue weighted by Gasteiger charge is 2.39. The molecule has 0 unspecified atom stereocenters. The molecule has 29 heavy (non-hydrogen) atoms. The lowest BCUT2D eigenvalue weighted by Gasteiger charge is -2.37. The first kappa shape index (κ1) is 19.4. The van der Waals surface area contributed by atoms with Gasteiger partial charge in [-0.2, -0.15) is 5.10 Å². The second kappa shape index (κ2) is 6.57. The number of benzene rings is 2. The van der Waals surface area contributed by atoms with Gasteiger partial charge in [0, 0.05) is 34.8 Å². The fourth-order valence-electron chi connectivity index (χ4n) is 4.12. The zero-order valence-electron chi connectivity index (χ0n) is 16.0. The molecular formula is C21H19F4N3O. The number of H-pyrrole nitrogens is 1. The summed E-state index contributed by atoms with van der Waals surface area (Å²) in [6, 6.07) is 2.96. The molecule has 2 heterocycles. The molecule has 0 aliphatic carbocycles. The maximum Gasteiger partial charge on any atom is 0.272 e. The van der Waals surface area contributed by atoms with Crippen LogP contribution in [0.3, 0.4) is 0 Å². The second-order valence-corrected chi connectivity index (χ2v) is 8.59. The number of hydrogen-bond donors (Lipinski definition) is 2. The minimum Gasteiger partial charge on any atom is -0.381 e. The molecule has 0 radical (unpaired) electrons. The minimum absolute atomic E-state index is 0.0274. The van der Waals surface area contributed by atoms with Gasteiger partial charge in [0.1, 0.15) is 23.3 Å². The van der Waals surface area contributed by atoms with Crippen molar-refractivity contribution < 1.29 is 17.6 Å². The average Bonchev–Trinajstić information content (AvgIpc) is 2.57. The van der Waals surface area contributed by atoms with Crippen molar-refractivity contribution in [3.63, 3.8) is 0 Å². The highest BCUT2D eigenvalue weighted by atomic mass is 19.1. The molecule has 3 aromatic rings. The van der Waals surface area contributed by atoms with E-state index in [0.29, 0.717) is 29.6 Å². The highest BCUT2D eigenvalue weighted by molar-refractivity contribution is 5.97. The van der Waals surface area contributed by atoms with E-state index in [1.54, 1.807) is 0 Å². The predicted octanol–water partition coefficient (Wildman–Crippen LogP) is 4.84. The maximum atomic E-state index is 14.7. The van der Waals surface area contributed by atoms with Crippen LogP contribution >= 0.6 is 0 Å². The number of nitrogens with one attached hydrogen (secondary N) is 2. The summed E-state index contributed by atoms with van der Waals surface area (Å²) in [6.45, 7) is 5.88. The molecule has 0 fully saturated rings. The van der Waals surface area contributed by atoms with Gasteiger partial charge < -0.3 is 5.32 Å². The van der Waals surface area contributed by atoms with Gasteiger partial charge in [-0.05, 0) is 24.0 Å². The summed E-state index contributed by atoms with van der Waals surface area (Å²) < 4.78 is 57.1. The molecular weight excluding hydrogens is 386 g/mol. The van der Waals surface area contributed by atoms with E-state index in [4.69, 9.17) is 0 Å². The van der Waals surface area contributed by atoms with E-state index in [2.05, 4.69) is 15.5 Å². The topological polar surface area (TPSA) is 57.8 Å². The van der Waals surface area contributed by atoms with E-state index in [1.807, 2.05) is 20.8 Å². The molecule has 0 amide bonds. The zero-order valence-corrected chi connectivity index (χ0v) is 16.0. The van der Waals surface area contributed by atoms with Crippen LogP contribution in [0.15, 0.2) is 29.1 Å². The lowest BCUT2D eigenvalue weighted by Crippen LogP contribution is -2.37. The molecule has 152 valence electrons. The third-order valence-electron chi connectivity index (χ3n) is 5.11. The number of halogens is 4. The molecule has 0 saturated heterocycles. The molecule has 2 N–H and O–H groups in total. The van der Waals surface area contributed by atoms with E-state index in [0.717, 1.165) is 6.07 Å². The smallest absolute Gasteiger partial charge is 0.272 e. The Labute approximate surface area is 164 Å². The van der Waals surface area contributed by atoms with Crippen LogP contribution in [0.25, 0.3) is 10.8 Å². The number of hydrogen-bond acceptors (Lipinski definition) is 3. The van der Waals surface area contributed by atoms with Crippen LogP contribution in [0.2, 0.25) is 0 Å². The number of rotatable bonds is 2. The molecule has 2 atom stereocenters. The fourth-order valence-corrected chi connectivity index (χ4v) is 4.12. The molecule has 1 aromatic heterocycles. The van der Waals surface area contributed by atoms with Gasteiger partial charge in [-0.3, -0.25) is 4.79 Å². The molecule has 8 heteroatoms. The second-order valence-electron chi connectivity index (χ2n) is 8.59. The monoisotopic (exact) mass is 405 g/mol. The van der Waals surface area contributed by atoms with Crippen LogP contribution in [0, 0.1) is 28.7 Å². The Hall–Kier alpha value is -2.90. The van der Waals surface area contributed by atoms with E-state index < -0.39 is 40.8 Å². The van der Waals surface area contributed by atoms with E-state index >= 15 is 0 Å². The Balaban J connectivity index is 2.05. The van der Waals surface area contributed by atoms with Crippen LogP contribution < -0.4 is 10.9 Å². The summed E-state index contributed by atoms with van der Waals surface area (Å²) in [6.07, 6.45) is 0.451. The predicted molar refractivity (Wildman–Crippen MR) is 102 cm³/mol. The van der Waals surface area contributed by atoms with Crippen molar-refractivity contribution in [2.75, 3.05) is 5.32 Å². The van der Waals surface area contributed by atoms with Gasteiger partial charge >= 0.3 is 0 Å². The number of anilines is 1. The van der Waals surface area contributed by atoms with Crippen LogP contribution in [-0.2, 0) is 0 Å². The lowest BCUT2D eigenvalue weighted by atomic mass is 9.76. The van der Waals surface area contributed by atoms with Crippen molar-refractivity contribution in [3.8, 4) is 0 Å². The summed E-state index contributed by atoms with van der Waals surface area (Å²) in [4.78, 5) is 12.2. The zero-order chi connectivity index (χ0) is 21.1. The number of aromatic nitrogens is 2. The van der Waals surface area contributed by atoms with Crippen LogP contribution in [0.1, 0.15) is 44.4 Å². The van der Waals surface area contributed by atoms with Gasteiger partial charge in [-0.15, -0.1) is 0 Å². The van der Waals surface area contributed by atoms with E-state index in [1.165, 1.54) is 6.07 Å². The lowest BCUT2D eigenvalue weighted by molar-refractivity contribution is 0.329. The van der Waals surface area contributed by atoms with Crippen molar-refractivity contribution in [2.45, 2.75) is 39.2 Å². The van der Waals surface area contributed by atoms with Gasteiger partial charge in [0.2, 0.25) is 0 Å². The minimum atomic E-state index is -1.04. The van der Waals surface area contributed by atoms with E-state index in [-0.39, 0.29) is 22.1 Å². The van der Waals surface area contributed by atoms with Crippen molar-refractivity contribution in [3.05, 3.63) is 69.1 Å².